The van der Waals surface area contributed by atoms with E-state index in [1.807, 2.05) is 24.3 Å². The number of para-hydroxylation sites is 2. The van der Waals surface area contributed by atoms with Crippen molar-refractivity contribution < 1.29 is 9.18 Å². The fourth-order valence-corrected chi connectivity index (χ4v) is 4.50. The van der Waals surface area contributed by atoms with Crippen LogP contribution in [0.25, 0.3) is 5.69 Å². The zero-order valence-electron chi connectivity index (χ0n) is 16.1. The number of aromatic nitrogens is 2. The van der Waals surface area contributed by atoms with Crippen LogP contribution in [0.1, 0.15) is 29.5 Å². The summed E-state index contributed by atoms with van der Waals surface area (Å²) in [5.41, 5.74) is 0.735. The first-order valence-electron chi connectivity index (χ1n) is 9.39. The maximum absolute atomic E-state index is 14.3. The summed E-state index contributed by atoms with van der Waals surface area (Å²) in [6.07, 6.45) is 0.790. The molecule has 0 saturated heterocycles. The Balaban J connectivity index is 1.81. The Morgan fingerprint density at radius 2 is 1.83 bits per heavy atom. The standard InChI is InChI=1S/C22H20FN3O2S/c1-14-13-19(27)21(24-26(14)17-8-4-3-7-16(17)23)22(28)25-12-11-15(2)29-20-10-6-5-9-18(20)25/h3-10,13,15H,11-12H2,1-2H3/t15-/m1/s1. The Bertz CT molecular complexity index is 1140. The van der Waals surface area contributed by atoms with Gasteiger partial charge in [0.05, 0.1) is 5.69 Å². The lowest BCUT2D eigenvalue weighted by Gasteiger charge is -2.22. The molecule has 0 spiro atoms. The number of thioether (sulfide) groups is 1. The second kappa shape index (κ2) is 7.83. The highest BCUT2D eigenvalue weighted by atomic mass is 32.2. The van der Waals surface area contributed by atoms with E-state index < -0.39 is 17.2 Å². The van der Waals surface area contributed by atoms with Gasteiger partial charge < -0.3 is 4.90 Å². The largest absolute Gasteiger partial charge is 0.306 e. The van der Waals surface area contributed by atoms with E-state index in [0.717, 1.165) is 17.0 Å². The molecule has 7 heteroatoms. The summed E-state index contributed by atoms with van der Waals surface area (Å²) in [6, 6.07) is 15.1. The third kappa shape index (κ3) is 3.70. The number of amides is 1. The van der Waals surface area contributed by atoms with Crippen molar-refractivity contribution in [1.29, 1.82) is 0 Å². The molecule has 0 aliphatic carbocycles. The van der Waals surface area contributed by atoms with Crippen LogP contribution in [0.2, 0.25) is 0 Å². The molecule has 0 N–H and O–H groups in total. The highest BCUT2D eigenvalue weighted by molar-refractivity contribution is 8.00. The second-order valence-corrected chi connectivity index (χ2v) is 8.48. The van der Waals surface area contributed by atoms with E-state index in [0.29, 0.717) is 17.5 Å². The normalized spacial score (nSPS) is 16.2. The summed E-state index contributed by atoms with van der Waals surface area (Å²) in [5.74, 6) is -0.947. The second-order valence-electron chi connectivity index (χ2n) is 7.00. The van der Waals surface area contributed by atoms with Crippen LogP contribution in [-0.4, -0.2) is 27.5 Å². The fourth-order valence-electron chi connectivity index (χ4n) is 3.39. The van der Waals surface area contributed by atoms with Crippen molar-refractivity contribution in [2.45, 2.75) is 30.4 Å². The molecule has 0 fully saturated rings. The van der Waals surface area contributed by atoms with Gasteiger partial charge in [-0.25, -0.2) is 9.07 Å². The summed E-state index contributed by atoms with van der Waals surface area (Å²) in [5, 5.41) is 4.61. The van der Waals surface area contributed by atoms with Gasteiger partial charge in [0.25, 0.3) is 5.91 Å². The Labute approximate surface area is 172 Å². The van der Waals surface area contributed by atoms with Crippen LogP contribution in [0.5, 0.6) is 0 Å². The molecule has 1 aliphatic heterocycles. The number of halogens is 1. The summed E-state index contributed by atoms with van der Waals surface area (Å²) in [4.78, 5) is 28.6. The summed E-state index contributed by atoms with van der Waals surface area (Å²) >= 11 is 1.71. The van der Waals surface area contributed by atoms with E-state index in [1.54, 1.807) is 41.8 Å². The average molecular weight is 409 g/mol. The first-order valence-corrected chi connectivity index (χ1v) is 10.3. The van der Waals surface area contributed by atoms with Gasteiger partial charge in [-0.2, -0.15) is 5.10 Å². The number of rotatable bonds is 2. The molecule has 3 aromatic rings. The molecule has 1 aromatic heterocycles. The van der Waals surface area contributed by atoms with Crippen LogP contribution in [0, 0.1) is 12.7 Å². The lowest BCUT2D eigenvalue weighted by Crippen LogP contribution is -2.37. The van der Waals surface area contributed by atoms with Crippen LogP contribution in [0.15, 0.2) is 64.3 Å². The number of hydrogen-bond donors (Lipinski definition) is 0. The van der Waals surface area contributed by atoms with Gasteiger partial charge >= 0.3 is 0 Å². The Hall–Kier alpha value is -2.93. The predicted octanol–water partition coefficient (Wildman–Crippen LogP) is 4.21. The number of hydrogen-bond acceptors (Lipinski definition) is 4. The molecule has 4 rings (SSSR count). The van der Waals surface area contributed by atoms with Gasteiger partial charge in [0, 0.05) is 28.5 Å². The Morgan fingerprint density at radius 3 is 2.59 bits per heavy atom. The molecular weight excluding hydrogens is 389 g/mol. The quantitative estimate of drug-likeness (QED) is 0.636. The van der Waals surface area contributed by atoms with Crippen molar-refractivity contribution in [3.05, 3.63) is 82.0 Å². The predicted molar refractivity (Wildman–Crippen MR) is 113 cm³/mol. The maximum atomic E-state index is 14.3. The molecule has 2 aromatic carbocycles. The SMILES string of the molecule is Cc1cc(=O)c(C(=O)N2CC[C@@H](C)Sc3ccccc32)nn1-c1ccccc1F. The van der Waals surface area contributed by atoms with Gasteiger partial charge in [-0.15, -0.1) is 11.8 Å². The Kier molecular flexibility index (Phi) is 5.24. The summed E-state index contributed by atoms with van der Waals surface area (Å²) < 4.78 is 15.6. The van der Waals surface area contributed by atoms with Crippen molar-refractivity contribution in [1.82, 2.24) is 9.78 Å². The minimum Gasteiger partial charge on any atom is -0.306 e. The number of fused-ring (bicyclic) bond motifs is 1. The molecule has 2 heterocycles. The Morgan fingerprint density at radius 1 is 1.14 bits per heavy atom. The van der Waals surface area contributed by atoms with Crippen molar-refractivity contribution in [3.8, 4) is 5.69 Å². The number of benzene rings is 2. The molecular formula is C22H20FN3O2S. The van der Waals surface area contributed by atoms with Crippen molar-refractivity contribution >= 4 is 23.4 Å². The molecule has 0 unspecified atom stereocenters. The van der Waals surface area contributed by atoms with Crippen molar-refractivity contribution in [2.75, 3.05) is 11.4 Å². The zero-order valence-corrected chi connectivity index (χ0v) is 16.9. The maximum Gasteiger partial charge on any atom is 0.282 e. The van der Waals surface area contributed by atoms with Crippen LogP contribution in [0.3, 0.4) is 0 Å². The monoisotopic (exact) mass is 409 g/mol. The van der Waals surface area contributed by atoms with Crippen molar-refractivity contribution in [3.63, 3.8) is 0 Å². The summed E-state index contributed by atoms with van der Waals surface area (Å²) in [7, 11) is 0. The third-order valence-electron chi connectivity index (χ3n) is 4.88. The van der Waals surface area contributed by atoms with E-state index in [1.165, 1.54) is 16.8 Å². The first kappa shape index (κ1) is 19.4. The summed E-state index contributed by atoms with van der Waals surface area (Å²) in [6.45, 7) is 4.26. The van der Waals surface area contributed by atoms with E-state index in [2.05, 4.69) is 12.0 Å². The molecule has 1 atom stereocenters. The molecule has 148 valence electrons. The minimum atomic E-state index is -0.476. The van der Waals surface area contributed by atoms with Crippen molar-refractivity contribution in [2.24, 2.45) is 0 Å². The van der Waals surface area contributed by atoms with Gasteiger partial charge in [0.15, 0.2) is 5.69 Å². The third-order valence-corrected chi connectivity index (χ3v) is 6.12. The van der Waals surface area contributed by atoms with E-state index in [9.17, 15) is 14.0 Å². The fraction of sp³-hybridized carbons (Fsp3) is 0.227. The first-order chi connectivity index (χ1) is 14.0. The smallest absolute Gasteiger partial charge is 0.282 e. The van der Waals surface area contributed by atoms with E-state index in [4.69, 9.17) is 0 Å². The van der Waals surface area contributed by atoms with Crippen LogP contribution in [0.4, 0.5) is 10.1 Å². The number of nitrogens with zero attached hydrogens (tertiary/aromatic N) is 3. The molecule has 0 bridgehead atoms. The van der Waals surface area contributed by atoms with Gasteiger partial charge in [-0.3, -0.25) is 9.59 Å². The number of aryl methyl sites for hydroxylation is 1. The molecule has 5 nitrogen and oxygen atoms in total. The van der Waals surface area contributed by atoms with E-state index in [-0.39, 0.29) is 11.4 Å². The lowest BCUT2D eigenvalue weighted by molar-refractivity contribution is 0.0978. The number of carbonyl (C=O) groups excluding carboxylic acids is 1. The molecule has 0 saturated carbocycles. The van der Waals surface area contributed by atoms with Gasteiger partial charge in [-0.05, 0) is 37.6 Å². The molecule has 1 amide bonds. The number of carbonyl (C=O) groups is 1. The van der Waals surface area contributed by atoms with Crippen LogP contribution < -0.4 is 10.3 Å². The van der Waals surface area contributed by atoms with Gasteiger partial charge in [-0.1, -0.05) is 31.2 Å². The molecule has 1 aliphatic rings. The highest BCUT2D eigenvalue weighted by Gasteiger charge is 2.28. The topological polar surface area (TPSA) is 55.2 Å². The van der Waals surface area contributed by atoms with Crippen LogP contribution in [-0.2, 0) is 0 Å². The van der Waals surface area contributed by atoms with Gasteiger partial charge in [0.2, 0.25) is 5.43 Å². The zero-order chi connectivity index (χ0) is 20.5. The average Bonchev–Trinajstić information content (AvgIpc) is 2.86. The van der Waals surface area contributed by atoms with E-state index >= 15 is 0 Å². The lowest BCUT2D eigenvalue weighted by atomic mass is 10.2. The van der Waals surface area contributed by atoms with Crippen LogP contribution >= 0.6 is 11.8 Å². The molecule has 29 heavy (non-hydrogen) atoms. The number of anilines is 1. The minimum absolute atomic E-state index is 0.194. The van der Waals surface area contributed by atoms with Gasteiger partial charge in [0.1, 0.15) is 11.5 Å². The highest BCUT2D eigenvalue weighted by Crippen LogP contribution is 2.37. The molecule has 0 radical (unpaired) electrons.